The van der Waals surface area contributed by atoms with E-state index in [1.807, 2.05) is 0 Å². The molecule has 0 saturated carbocycles. The molecular weight excluding hydrogens is 299 g/mol. The molecule has 3 aromatic rings. The highest BCUT2D eigenvalue weighted by Gasteiger charge is 2.34. The standard InChI is InChI=1S/C13H10F3N5O/c1-7(11-17-5-19-20-11)21-6-18-9-4-2-3-8(13(14,15)16)10(9)12(21)22/h2-7H,1H3,(H,17,19,20)/t7-/m0/s1. The highest BCUT2D eigenvalue weighted by atomic mass is 19.4. The van der Waals surface area contributed by atoms with Gasteiger partial charge in [0.2, 0.25) is 0 Å². The van der Waals surface area contributed by atoms with Crippen LogP contribution >= 0.6 is 0 Å². The third-order valence-corrected chi connectivity index (χ3v) is 3.36. The normalized spacial score (nSPS) is 13.5. The quantitative estimate of drug-likeness (QED) is 0.787. The summed E-state index contributed by atoms with van der Waals surface area (Å²) in [5.41, 5.74) is -1.77. The summed E-state index contributed by atoms with van der Waals surface area (Å²) in [6.45, 7) is 1.62. The second kappa shape index (κ2) is 4.93. The lowest BCUT2D eigenvalue weighted by Gasteiger charge is -2.15. The fourth-order valence-electron chi connectivity index (χ4n) is 2.24. The Labute approximate surface area is 121 Å². The Kier molecular flexibility index (Phi) is 3.19. The largest absolute Gasteiger partial charge is 0.417 e. The minimum atomic E-state index is -4.63. The predicted molar refractivity (Wildman–Crippen MR) is 71.2 cm³/mol. The van der Waals surface area contributed by atoms with E-state index >= 15 is 0 Å². The number of aromatic nitrogens is 5. The van der Waals surface area contributed by atoms with E-state index in [4.69, 9.17) is 0 Å². The lowest BCUT2D eigenvalue weighted by molar-refractivity contribution is -0.136. The van der Waals surface area contributed by atoms with Crippen molar-refractivity contribution in [2.24, 2.45) is 0 Å². The molecule has 0 aliphatic rings. The molecule has 2 aromatic heterocycles. The van der Waals surface area contributed by atoms with Crippen molar-refractivity contribution in [2.45, 2.75) is 19.1 Å². The summed E-state index contributed by atoms with van der Waals surface area (Å²) in [6, 6.07) is 2.85. The van der Waals surface area contributed by atoms with Crippen LogP contribution in [0.1, 0.15) is 24.4 Å². The summed E-state index contributed by atoms with van der Waals surface area (Å²) in [5, 5.41) is 5.80. The van der Waals surface area contributed by atoms with Crippen LogP contribution in [0.15, 0.2) is 35.6 Å². The van der Waals surface area contributed by atoms with Crippen LogP contribution < -0.4 is 5.56 Å². The van der Waals surface area contributed by atoms with Gasteiger partial charge in [0, 0.05) is 0 Å². The van der Waals surface area contributed by atoms with Crippen LogP contribution in [0.3, 0.4) is 0 Å². The molecule has 9 heteroatoms. The average molecular weight is 309 g/mol. The summed E-state index contributed by atoms with van der Waals surface area (Å²) in [4.78, 5) is 20.3. The lowest BCUT2D eigenvalue weighted by atomic mass is 10.1. The summed E-state index contributed by atoms with van der Waals surface area (Å²) in [6.07, 6.45) is -2.17. The van der Waals surface area contributed by atoms with Crippen molar-refractivity contribution in [2.75, 3.05) is 0 Å². The summed E-state index contributed by atoms with van der Waals surface area (Å²) in [7, 11) is 0. The SMILES string of the molecule is C[C@@H](c1ncn[nH]1)n1cnc2cccc(C(F)(F)F)c2c1=O. The number of hydrogen-bond donors (Lipinski definition) is 1. The zero-order valence-corrected chi connectivity index (χ0v) is 11.3. The van der Waals surface area contributed by atoms with E-state index in [2.05, 4.69) is 20.2 Å². The molecule has 1 aromatic carbocycles. The van der Waals surface area contributed by atoms with Crippen LogP contribution in [0.2, 0.25) is 0 Å². The molecule has 0 radical (unpaired) electrons. The molecule has 0 saturated heterocycles. The fourth-order valence-corrected chi connectivity index (χ4v) is 2.24. The van der Waals surface area contributed by atoms with Gasteiger partial charge in [-0.1, -0.05) is 6.07 Å². The predicted octanol–water partition coefficient (Wildman–Crippen LogP) is 2.14. The number of hydrogen-bond acceptors (Lipinski definition) is 4. The number of rotatable bonds is 2. The van der Waals surface area contributed by atoms with E-state index in [0.29, 0.717) is 5.82 Å². The number of benzene rings is 1. The molecule has 0 bridgehead atoms. The zero-order chi connectivity index (χ0) is 15.9. The van der Waals surface area contributed by atoms with Gasteiger partial charge in [0.05, 0.1) is 28.8 Å². The van der Waals surface area contributed by atoms with Gasteiger partial charge in [-0.25, -0.2) is 9.97 Å². The van der Waals surface area contributed by atoms with E-state index in [9.17, 15) is 18.0 Å². The van der Waals surface area contributed by atoms with Gasteiger partial charge in [-0.05, 0) is 19.1 Å². The summed E-state index contributed by atoms with van der Waals surface area (Å²) >= 11 is 0. The number of nitrogens with zero attached hydrogens (tertiary/aromatic N) is 4. The molecule has 0 unspecified atom stereocenters. The van der Waals surface area contributed by atoms with Crippen molar-refractivity contribution >= 4 is 10.9 Å². The van der Waals surface area contributed by atoms with E-state index in [0.717, 1.165) is 10.6 Å². The van der Waals surface area contributed by atoms with Gasteiger partial charge in [-0.15, -0.1) is 0 Å². The van der Waals surface area contributed by atoms with E-state index < -0.39 is 28.7 Å². The number of fused-ring (bicyclic) bond motifs is 1. The smallest absolute Gasteiger partial charge is 0.288 e. The van der Waals surface area contributed by atoms with Gasteiger partial charge in [0.1, 0.15) is 12.2 Å². The van der Waals surface area contributed by atoms with Crippen molar-refractivity contribution in [1.29, 1.82) is 0 Å². The van der Waals surface area contributed by atoms with Crippen LogP contribution in [-0.2, 0) is 6.18 Å². The Bertz CT molecular complexity index is 870. The maximum Gasteiger partial charge on any atom is 0.417 e. The maximum absolute atomic E-state index is 13.1. The molecule has 2 heterocycles. The van der Waals surface area contributed by atoms with Gasteiger partial charge in [-0.2, -0.15) is 18.3 Å². The second-order valence-electron chi connectivity index (χ2n) is 4.70. The van der Waals surface area contributed by atoms with Crippen molar-refractivity contribution in [3.63, 3.8) is 0 Å². The second-order valence-corrected chi connectivity index (χ2v) is 4.70. The first kappa shape index (κ1) is 14.2. The molecule has 0 fully saturated rings. The van der Waals surface area contributed by atoms with Crippen molar-refractivity contribution in [3.8, 4) is 0 Å². The van der Waals surface area contributed by atoms with Gasteiger partial charge in [0.15, 0.2) is 0 Å². The monoisotopic (exact) mass is 309 g/mol. The molecule has 0 amide bonds. The van der Waals surface area contributed by atoms with Crippen LogP contribution in [0.25, 0.3) is 10.9 Å². The highest BCUT2D eigenvalue weighted by molar-refractivity contribution is 5.81. The molecule has 22 heavy (non-hydrogen) atoms. The third kappa shape index (κ3) is 2.24. The topological polar surface area (TPSA) is 76.5 Å². The van der Waals surface area contributed by atoms with Crippen molar-refractivity contribution < 1.29 is 13.2 Å². The van der Waals surface area contributed by atoms with Crippen molar-refractivity contribution in [1.82, 2.24) is 24.7 Å². The van der Waals surface area contributed by atoms with Gasteiger partial charge in [0.25, 0.3) is 5.56 Å². The molecule has 3 rings (SSSR count). The van der Waals surface area contributed by atoms with Gasteiger partial charge < -0.3 is 0 Å². The Morgan fingerprint density at radius 1 is 1.27 bits per heavy atom. The molecular formula is C13H10F3N5O. The van der Waals surface area contributed by atoms with Crippen LogP contribution in [0.5, 0.6) is 0 Å². The minimum Gasteiger partial charge on any atom is -0.288 e. The molecule has 114 valence electrons. The number of aromatic amines is 1. The first-order chi connectivity index (χ1) is 10.4. The Balaban J connectivity index is 2.27. The Hall–Kier alpha value is -2.71. The maximum atomic E-state index is 13.1. The van der Waals surface area contributed by atoms with E-state index in [1.165, 1.54) is 24.8 Å². The number of nitrogens with one attached hydrogen (secondary N) is 1. The van der Waals surface area contributed by atoms with Gasteiger partial charge >= 0.3 is 6.18 Å². The van der Waals surface area contributed by atoms with Crippen LogP contribution in [-0.4, -0.2) is 24.7 Å². The minimum absolute atomic E-state index is 0.000782. The fraction of sp³-hybridized carbons (Fsp3) is 0.231. The molecule has 0 aliphatic carbocycles. The zero-order valence-electron chi connectivity index (χ0n) is 11.3. The van der Waals surface area contributed by atoms with E-state index in [-0.39, 0.29) is 5.52 Å². The first-order valence-corrected chi connectivity index (χ1v) is 6.32. The van der Waals surface area contributed by atoms with Gasteiger partial charge in [-0.3, -0.25) is 14.5 Å². The molecule has 1 atom stereocenters. The molecule has 0 aliphatic heterocycles. The number of alkyl halides is 3. The lowest BCUT2D eigenvalue weighted by Crippen LogP contribution is -2.27. The first-order valence-electron chi connectivity index (χ1n) is 6.32. The summed E-state index contributed by atoms with van der Waals surface area (Å²) in [5.74, 6) is 0.354. The van der Waals surface area contributed by atoms with E-state index in [1.54, 1.807) is 6.92 Å². The Morgan fingerprint density at radius 2 is 2.05 bits per heavy atom. The third-order valence-electron chi connectivity index (χ3n) is 3.36. The number of H-pyrrole nitrogens is 1. The van der Waals surface area contributed by atoms with Crippen LogP contribution in [0.4, 0.5) is 13.2 Å². The Morgan fingerprint density at radius 3 is 2.68 bits per heavy atom. The molecule has 0 spiro atoms. The van der Waals surface area contributed by atoms with Crippen LogP contribution in [0, 0.1) is 0 Å². The van der Waals surface area contributed by atoms with Crippen molar-refractivity contribution in [3.05, 3.63) is 52.6 Å². The average Bonchev–Trinajstić information content (AvgIpc) is 3.00. The molecule has 1 N–H and O–H groups in total. The molecule has 6 nitrogen and oxygen atoms in total. The number of halogens is 3. The summed E-state index contributed by atoms with van der Waals surface area (Å²) < 4.78 is 40.4. The highest BCUT2D eigenvalue weighted by Crippen LogP contribution is 2.32.